The second-order valence-corrected chi connectivity index (χ2v) is 22.0. The molecular weight excluding hydrogens is 969 g/mol. The SMILES string of the molecule is CC(C)C[C@H]1NC(=O)[C@H](CCCN)NC(=O)[C@@H](CC(C)C)NC(=O)[C@H](Cc2c[nH]c3ccccc23)NC(=O)[C@@H](CC(C)C)NC(=O)[C@H](CCCN)NC(=O)[C@@H](CC(C)C)NC(=O)[C@H](Cc2c[nH]c3ccccc23)NC1=O. The van der Waals surface area contributed by atoms with Gasteiger partial charge >= 0.3 is 0 Å². The number of hydrogen-bond donors (Lipinski definition) is 12. The molecule has 14 N–H and O–H groups in total. The zero-order valence-electron chi connectivity index (χ0n) is 45.6. The van der Waals surface area contributed by atoms with Crippen LogP contribution in [0.3, 0.4) is 0 Å². The number of para-hydroxylation sites is 2. The van der Waals surface area contributed by atoms with E-state index in [-0.39, 0.29) is 88.1 Å². The van der Waals surface area contributed by atoms with Crippen molar-refractivity contribution in [2.75, 3.05) is 13.1 Å². The molecule has 0 unspecified atom stereocenters. The van der Waals surface area contributed by atoms with E-state index < -0.39 is 95.6 Å². The summed E-state index contributed by atoms with van der Waals surface area (Å²) in [5.74, 6) is -5.93. The van der Waals surface area contributed by atoms with Gasteiger partial charge in [-0.05, 0) is 111 Å². The van der Waals surface area contributed by atoms with E-state index in [1.807, 2.05) is 104 Å². The highest BCUT2D eigenvalue weighted by Gasteiger charge is 2.37. The monoisotopic (exact) mass is 1050 g/mol. The van der Waals surface area contributed by atoms with Gasteiger partial charge in [0, 0.05) is 47.0 Å². The topological polar surface area (TPSA) is 316 Å². The smallest absolute Gasteiger partial charge is 0.243 e. The Labute approximate surface area is 446 Å². The van der Waals surface area contributed by atoms with Gasteiger partial charge in [0.2, 0.25) is 47.3 Å². The van der Waals surface area contributed by atoms with E-state index in [0.29, 0.717) is 24.0 Å². The maximum atomic E-state index is 14.8. The van der Waals surface area contributed by atoms with Gasteiger partial charge < -0.3 is 64.0 Å². The number of nitrogens with one attached hydrogen (secondary N) is 10. The van der Waals surface area contributed by atoms with Crippen molar-refractivity contribution >= 4 is 69.1 Å². The van der Waals surface area contributed by atoms with Gasteiger partial charge in [-0.3, -0.25) is 38.4 Å². The molecule has 0 saturated carbocycles. The van der Waals surface area contributed by atoms with Crippen molar-refractivity contribution in [3.05, 3.63) is 72.1 Å². The minimum absolute atomic E-state index is 0.0123. The third-order valence-electron chi connectivity index (χ3n) is 13.5. The molecule has 416 valence electrons. The van der Waals surface area contributed by atoms with E-state index in [2.05, 4.69) is 52.5 Å². The van der Waals surface area contributed by atoms with E-state index >= 15 is 0 Å². The number of nitrogens with two attached hydrogens (primary N) is 2. The number of rotatable bonds is 18. The highest BCUT2D eigenvalue weighted by Crippen LogP contribution is 2.22. The van der Waals surface area contributed by atoms with Crippen molar-refractivity contribution in [2.24, 2.45) is 35.1 Å². The lowest BCUT2D eigenvalue weighted by Gasteiger charge is -2.30. The molecule has 20 nitrogen and oxygen atoms in total. The first-order valence-corrected chi connectivity index (χ1v) is 27.1. The summed E-state index contributed by atoms with van der Waals surface area (Å²) >= 11 is 0. The molecule has 76 heavy (non-hydrogen) atoms. The molecule has 0 spiro atoms. The van der Waals surface area contributed by atoms with E-state index in [0.717, 1.165) is 21.8 Å². The quantitative estimate of drug-likeness (QED) is 0.0692. The molecule has 20 heteroatoms. The molecule has 0 radical (unpaired) electrons. The third-order valence-corrected chi connectivity index (χ3v) is 13.5. The second kappa shape index (κ2) is 28.9. The molecule has 1 aliphatic heterocycles. The first-order chi connectivity index (χ1) is 36.2. The molecule has 2 aromatic carbocycles. The number of carbonyl (C=O) groups excluding carboxylic acids is 8. The molecule has 1 aliphatic rings. The van der Waals surface area contributed by atoms with Crippen LogP contribution in [0.25, 0.3) is 21.8 Å². The lowest BCUT2D eigenvalue weighted by atomic mass is 9.98. The highest BCUT2D eigenvalue weighted by atomic mass is 16.2. The average molecular weight is 1050 g/mol. The van der Waals surface area contributed by atoms with Crippen molar-refractivity contribution in [1.29, 1.82) is 0 Å². The molecule has 1 fully saturated rings. The van der Waals surface area contributed by atoms with E-state index in [1.54, 1.807) is 12.4 Å². The minimum Gasteiger partial charge on any atom is -0.361 e. The van der Waals surface area contributed by atoms with Crippen molar-refractivity contribution < 1.29 is 38.4 Å². The van der Waals surface area contributed by atoms with Crippen LogP contribution in [0.1, 0.15) is 118 Å². The predicted octanol–water partition coefficient (Wildman–Crippen LogP) is 2.99. The molecule has 5 rings (SSSR count). The van der Waals surface area contributed by atoms with Crippen LogP contribution in [0, 0.1) is 23.7 Å². The number of H-pyrrole nitrogens is 2. The highest BCUT2D eigenvalue weighted by molar-refractivity contribution is 5.99. The lowest BCUT2D eigenvalue weighted by Crippen LogP contribution is -2.62. The van der Waals surface area contributed by atoms with Gasteiger partial charge in [-0.25, -0.2) is 0 Å². The molecule has 0 bridgehead atoms. The zero-order chi connectivity index (χ0) is 55.6. The molecule has 4 aromatic rings. The van der Waals surface area contributed by atoms with Crippen LogP contribution in [-0.4, -0.2) is 119 Å². The summed E-state index contributed by atoms with van der Waals surface area (Å²) in [5, 5.41) is 24.6. The molecule has 3 heterocycles. The lowest BCUT2D eigenvalue weighted by molar-refractivity contribution is -0.137. The number of aromatic nitrogens is 2. The maximum absolute atomic E-state index is 14.8. The molecule has 1 saturated heterocycles. The van der Waals surface area contributed by atoms with Gasteiger partial charge in [0.1, 0.15) is 48.3 Å². The molecular formula is C56H84N12O8. The largest absolute Gasteiger partial charge is 0.361 e. The number of aromatic amines is 2. The van der Waals surface area contributed by atoms with Crippen molar-refractivity contribution in [1.82, 2.24) is 52.5 Å². The molecule has 8 amide bonds. The van der Waals surface area contributed by atoms with Gasteiger partial charge in [-0.2, -0.15) is 0 Å². The summed E-state index contributed by atoms with van der Waals surface area (Å²) in [6, 6.07) is 5.26. The van der Waals surface area contributed by atoms with Crippen LogP contribution >= 0.6 is 0 Å². The number of carbonyl (C=O) groups is 8. The van der Waals surface area contributed by atoms with Gasteiger partial charge in [0.15, 0.2) is 0 Å². The number of benzene rings is 2. The summed E-state index contributed by atoms with van der Waals surface area (Å²) < 4.78 is 0. The van der Waals surface area contributed by atoms with Gasteiger partial charge in [-0.15, -0.1) is 0 Å². The fraction of sp³-hybridized carbons (Fsp3) is 0.571. The third kappa shape index (κ3) is 17.6. The molecule has 0 aliphatic carbocycles. The first kappa shape index (κ1) is 60.1. The zero-order valence-corrected chi connectivity index (χ0v) is 45.6. The van der Waals surface area contributed by atoms with Gasteiger partial charge in [0.25, 0.3) is 0 Å². The van der Waals surface area contributed by atoms with Crippen molar-refractivity contribution in [2.45, 2.75) is 168 Å². The van der Waals surface area contributed by atoms with Gasteiger partial charge in [0.05, 0.1) is 0 Å². The second-order valence-electron chi connectivity index (χ2n) is 22.0. The van der Waals surface area contributed by atoms with Crippen LogP contribution in [0.2, 0.25) is 0 Å². The Balaban J connectivity index is 1.62. The summed E-state index contributed by atoms with van der Waals surface area (Å²) in [6.07, 6.45) is 4.88. The molecule has 8 atom stereocenters. The van der Waals surface area contributed by atoms with E-state index in [1.165, 1.54) is 0 Å². The van der Waals surface area contributed by atoms with Crippen molar-refractivity contribution in [3.8, 4) is 0 Å². The first-order valence-electron chi connectivity index (χ1n) is 27.1. The Morgan fingerprint density at radius 3 is 0.908 bits per heavy atom. The van der Waals surface area contributed by atoms with Gasteiger partial charge in [-0.1, -0.05) is 91.8 Å². The summed E-state index contributed by atoms with van der Waals surface area (Å²) in [6.45, 7) is 15.4. The van der Waals surface area contributed by atoms with Crippen LogP contribution in [0.5, 0.6) is 0 Å². The Hall–Kier alpha value is -6.80. The summed E-state index contributed by atoms with van der Waals surface area (Å²) in [4.78, 5) is 123. The molecule has 2 aromatic heterocycles. The summed E-state index contributed by atoms with van der Waals surface area (Å²) in [7, 11) is 0. The van der Waals surface area contributed by atoms with E-state index in [4.69, 9.17) is 11.5 Å². The van der Waals surface area contributed by atoms with Crippen LogP contribution in [-0.2, 0) is 51.2 Å². The Kier molecular flexibility index (Phi) is 22.9. The fourth-order valence-electron chi connectivity index (χ4n) is 9.63. The Morgan fingerprint density at radius 1 is 0.368 bits per heavy atom. The Morgan fingerprint density at radius 2 is 0.618 bits per heavy atom. The number of hydrogen-bond acceptors (Lipinski definition) is 10. The van der Waals surface area contributed by atoms with Crippen molar-refractivity contribution in [3.63, 3.8) is 0 Å². The normalized spacial score (nSPS) is 23.4. The average Bonchev–Trinajstić information content (AvgIpc) is 3.97. The van der Waals surface area contributed by atoms with Crippen LogP contribution < -0.4 is 54.0 Å². The van der Waals surface area contributed by atoms with Crippen LogP contribution in [0.4, 0.5) is 0 Å². The standard InChI is InChI=1S/C56H84N12O8/c1-31(2)23-43-51(71)61-41(19-13-21-57)49(69)63-46(26-34(7)8)54(74)68-48(28-36-30-60-40-18-12-10-16-38(36)40)56(76)66-44(24-32(3)4)52(72)62-42(20-14-22-58)50(70)64-45(25-33(5)6)53(73)67-47(55(75)65-43)27-35-29-59-39-17-11-9-15-37(35)39/h9-12,15-18,29-34,41-48,59-60H,13-14,19-28,57-58H2,1-8H3,(H,61,71)(H,62,72)(H,63,69)(H,64,70)(H,65,75)(H,66,76)(H,67,73)(H,68,74)/t41-,42-,43+,44+,45+,46+,47-,48-/m0/s1. The number of amides is 8. The maximum Gasteiger partial charge on any atom is 0.243 e. The number of fused-ring (bicyclic) bond motifs is 2. The van der Waals surface area contributed by atoms with Crippen LogP contribution in [0.15, 0.2) is 60.9 Å². The summed E-state index contributed by atoms with van der Waals surface area (Å²) in [5.41, 5.74) is 14.9. The minimum atomic E-state index is -1.27. The fourth-order valence-corrected chi connectivity index (χ4v) is 9.63. The van der Waals surface area contributed by atoms with E-state index in [9.17, 15) is 38.4 Å². The Bertz CT molecular complexity index is 2410. The predicted molar refractivity (Wildman–Crippen MR) is 294 cm³/mol.